The van der Waals surface area contributed by atoms with Crippen LogP contribution in [0.2, 0.25) is 0 Å². The summed E-state index contributed by atoms with van der Waals surface area (Å²) in [7, 11) is 0. The van der Waals surface area contributed by atoms with Crippen molar-refractivity contribution >= 4 is 11.9 Å². The van der Waals surface area contributed by atoms with E-state index in [0.29, 0.717) is 19.3 Å². The van der Waals surface area contributed by atoms with Gasteiger partial charge in [-0.15, -0.1) is 0 Å². The zero-order valence-electron chi connectivity index (χ0n) is 42.8. The summed E-state index contributed by atoms with van der Waals surface area (Å²) in [5.41, 5.74) is 0. The number of amides is 1. The molecule has 0 aliphatic carbocycles. The minimum absolute atomic E-state index is 0.101. The minimum atomic E-state index is -1.62. The molecule has 11 nitrogen and oxygen atoms in total. The molecule has 0 aromatic heterocycles. The number of aliphatic hydroxyl groups is 5. The molecule has 1 amide bonds. The first-order valence-electron chi connectivity index (χ1n) is 27.4. The standard InChI is InChI=1S/C56H101NO10/c1-4-7-10-13-16-19-22-24-26-28-31-34-37-40-43-49(60)55(64)57-47(48(59)42-39-36-33-30-27-21-18-15-12-9-6-3)46-65-56-54(53(63)52(62)50(45-58)66-56)67-51(61)44-41-38-35-32-29-25-23-20-17-14-11-8-5-2/h8,11,14,17,20,23,39,42,47-50,52-54,56,58-60,62-63H,4-7,9-10,12-13,15-16,18-19,21-22,24-38,40-41,43-46H2,1-3H3,(H,57,64)/b11-8+,17-14+,23-20-,42-39+. The number of unbranched alkanes of at least 4 members (excludes halogenated alkanes) is 27. The highest BCUT2D eigenvalue weighted by molar-refractivity contribution is 5.80. The van der Waals surface area contributed by atoms with Crippen molar-refractivity contribution in [1.82, 2.24) is 5.32 Å². The van der Waals surface area contributed by atoms with Gasteiger partial charge in [-0.25, -0.2) is 0 Å². The second-order valence-electron chi connectivity index (χ2n) is 19.0. The third-order valence-corrected chi connectivity index (χ3v) is 12.8. The summed E-state index contributed by atoms with van der Waals surface area (Å²) in [6.07, 6.45) is 41.6. The van der Waals surface area contributed by atoms with Crippen molar-refractivity contribution in [2.75, 3.05) is 13.2 Å². The number of esters is 1. The van der Waals surface area contributed by atoms with Gasteiger partial charge in [0.1, 0.15) is 24.4 Å². The predicted octanol–water partition coefficient (Wildman–Crippen LogP) is 11.7. The number of carbonyl (C=O) groups is 2. The molecule has 1 saturated heterocycles. The number of nitrogens with one attached hydrogen (secondary N) is 1. The molecular formula is C56H101NO10. The van der Waals surface area contributed by atoms with E-state index >= 15 is 0 Å². The van der Waals surface area contributed by atoms with Crippen LogP contribution in [0.3, 0.4) is 0 Å². The van der Waals surface area contributed by atoms with Crippen LogP contribution in [-0.2, 0) is 23.8 Å². The van der Waals surface area contributed by atoms with Crippen LogP contribution in [0.4, 0.5) is 0 Å². The fraction of sp³-hybridized carbons (Fsp3) is 0.821. The van der Waals surface area contributed by atoms with Crippen molar-refractivity contribution in [1.29, 1.82) is 0 Å². The van der Waals surface area contributed by atoms with Gasteiger partial charge in [0.05, 0.1) is 25.4 Å². The zero-order chi connectivity index (χ0) is 49.0. The molecule has 11 heteroatoms. The first kappa shape index (κ1) is 62.6. The predicted molar refractivity (Wildman–Crippen MR) is 273 cm³/mol. The van der Waals surface area contributed by atoms with Crippen molar-refractivity contribution in [2.45, 2.75) is 282 Å². The quantitative estimate of drug-likeness (QED) is 0.0149. The molecule has 0 aromatic rings. The van der Waals surface area contributed by atoms with E-state index < -0.39 is 67.4 Å². The van der Waals surface area contributed by atoms with E-state index in [0.717, 1.165) is 77.0 Å². The smallest absolute Gasteiger partial charge is 0.306 e. The van der Waals surface area contributed by atoms with Gasteiger partial charge in [-0.05, 0) is 44.9 Å². The monoisotopic (exact) mass is 948 g/mol. The number of hydrogen-bond donors (Lipinski definition) is 6. The van der Waals surface area contributed by atoms with Crippen LogP contribution in [0.15, 0.2) is 48.6 Å². The van der Waals surface area contributed by atoms with E-state index in [-0.39, 0.29) is 13.0 Å². The van der Waals surface area contributed by atoms with E-state index in [2.05, 4.69) is 44.3 Å². The fourth-order valence-corrected chi connectivity index (χ4v) is 8.42. The van der Waals surface area contributed by atoms with Crippen LogP contribution >= 0.6 is 0 Å². The van der Waals surface area contributed by atoms with E-state index in [1.807, 2.05) is 24.3 Å². The first-order chi connectivity index (χ1) is 32.7. The molecule has 0 radical (unpaired) electrons. The van der Waals surface area contributed by atoms with Crippen LogP contribution in [0.25, 0.3) is 0 Å². The summed E-state index contributed by atoms with van der Waals surface area (Å²) in [6, 6.07) is -1.02. The molecule has 0 bridgehead atoms. The molecule has 6 N–H and O–H groups in total. The minimum Gasteiger partial charge on any atom is -0.454 e. The Kier molecular flexibility index (Phi) is 41.9. The third kappa shape index (κ3) is 33.7. The molecule has 1 rings (SSSR count). The van der Waals surface area contributed by atoms with Crippen LogP contribution < -0.4 is 5.32 Å². The second-order valence-corrected chi connectivity index (χ2v) is 19.0. The summed E-state index contributed by atoms with van der Waals surface area (Å²) in [5, 5.41) is 56.6. The first-order valence-corrected chi connectivity index (χ1v) is 27.4. The van der Waals surface area contributed by atoms with Gasteiger partial charge in [0.25, 0.3) is 0 Å². The van der Waals surface area contributed by atoms with E-state index in [4.69, 9.17) is 14.2 Å². The molecule has 0 saturated carbocycles. The molecule has 1 aliphatic heterocycles. The van der Waals surface area contributed by atoms with E-state index in [9.17, 15) is 35.1 Å². The molecule has 8 unspecified atom stereocenters. The topological polar surface area (TPSA) is 175 Å². The molecule has 1 aliphatic rings. The lowest BCUT2D eigenvalue weighted by Crippen LogP contribution is -2.61. The number of carbonyl (C=O) groups excluding carboxylic acids is 2. The molecule has 1 fully saturated rings. The van der Waals surface area contributed by atoms with Gasteiger partial charge in [-0.1, -0.05) is 230 Å². The number of hydrogen-bond acceptors (Lipinski definition) is 10. The highest BCUT2D eigenvalue weighted by Crippen LogP contribution is 2.26. The highest BCUT2D eigenvalue weighted by Gasteiger charge is 2.47. The van der Waals surface area contributed by atoms with Gasteiger partial charge in [-0.3, -0.25) is 9.59 Å². The fourth-order valence-electron chi connectivity index (χ4n) is 8.42. The van der Waals surface area contributed by atoms with E-state index in [1.54, 1.807) is 6.08 Å². The van der Waals surface area contributed by atoms with Gasteiger partial charge < -0.3 is 45.1 Å². The third-order valence-electron chi connectivity index (χ3n) is 12.8. The summed E-state index contributed by atoms with van der Waals surface area (Å²) in [4.78, 5) is 26.4. The molecular weight excluding hydrogens is 847 g/mol. The molecule has 1 heterocycles. The van der Waals surface area contributed by atoms with Gasteiger partial charge in [0.2, 0.25) is 5.91 Å². The number of rotatable bonds is 45. The lowest BCUT2D eigenvalue weighted by Gasteiger charge is -2.41. The molecule has 67 heavy (non-hydrogen) atoms. The maximum Gasteiger partial charge on any atom is 0.306 e. The normalized spacial score (nSPS) is 20.4. The van der Waals surface area contributed by atoms with Crippen LogP contribution in [0.5, 0.6) is 0 Å². The maximum absolute atomic E-state index is 13.3. The van der Waals surface area contributed by atoms with Crippen molar-refractivity contribution in [2.24, 2.45) is 0 Å². The van der Waals surface area contributed by atoms with E-state index in [1.165, 1.54) is 109 Å². The van der Waals surface area contributed by atoms with Gasteiger partial charge >= 0.3 is 5.97 Å². The zero-order valence-corrected chi connectivity index (χ0v) is 42.8. The van der Waals surface area contributed by atoms with Crippen LogP contribution in [0, 0.1) is 0 Å². The molecule has 0 aromatic carbocycles. The Hall–Kier alpha value is -2.38. The molecule has 8 atom stereocenters. The number of allylic oxidation sites excluding steroid dienone is 7. The maximum atomic E-state index is 13.3. The summed E-state index contributed by atoms with van der Waals surface area (Å²) >= 11 is 0. The van der Waals surface area contributed by atoms with Gasteiger partial charge in [-0.2, -0.15) is 0 Å². The summed E-state index contributed by atoms with van der Waals surface area (Å²) in [5.74, 6) is -1.21. The Morgan fingerprint density at radius 3 is 1.60 bits per heavy atom. The largest absolute Gasteiger partial charge is 0.454 e. The van der Waals surface area contributed by atoms with Crippen molar-refractivity contribution in [3.8, 4) is 0 Å². The van der Waals surface area contributed by atoms with Crippen molar-refractivity contribution in [3.05, 3.63) is 48.6 Å². The average Bonchev–Trinajstić information content (AvgIpc) is 3.32. The Labute approximate surface area is 408 Å². The van der Waals surface area contributed by atoms with Crippen LogP contribution in [-0.4, -0.2) is 99.6 Å². The molecule has 390 valence electrons. The summed E-state index contributed by atoms with van der Waals surface area (Å²) < 4.78 is 17.5. The lowest BCUT2D eigenvalue weighted by atomic mass is 9.99. The number of ether oxygens (including phenoxy) is 3. The van der Waals surface area contributed by atoms with Gasteiger partial charge in [0, 0.05) is 6.42 Å². The SMILES string of the molecule is CC/C=C/C=C/C=C\CCCCCCCC(=O)OC1C(OCC(NC(=O)C(O)CCCCCCCCCCCCCCCC)C(O)/C=C/CCCCCCCCCCC)OC(CO)C(O)C1O. The van der Waals surface area contributed by atoms with Crippen molar-refractivity contribution < 1.29 is 49.3 Å². The summed E-state index contributed by atoms with van der Waals surface area (Å²) in [6.45, 7) is 5.62. The van der Waals surface area contributed by atoms with Crippen molar-refractivity contribution in [3.63, 3.8) is 0 Å². The number of aliphatic hydroxyl groups excluding tert-OH is 5. The lowest BCUT2D eigenvalue weighted by molar-refractivity contribution is -0.305. The Morgan fingerprint density at radius 2 is 1.07 bits per heavy atom. The Balaban J connectivity index is 2.76. The second kappa shape index (κ2) is 44.8. The Morgan fingerprint density at radius 1 is 0.597 bits per heavy atom. The Bertz CT molecular complexity index is 1270. The highest BCUT2D eigenvalue weighted by atomic mass is 16.7. The van der Waals surface area contributed by atoms with Gasteiger partial charge in [0.15, 0.2) is 12.4 Å². The molecule has 0 spiro atoms. The van der Waals surface area contributed by atoms with Crippen LogP contribution in [0.1, 0.15) is 233 Å². The average molecular weight is 948 g/mol.